The van der Waals surface area contributed by atoms with Gasteiger partial charge in [0.2, 0.25) is 5.95 Å². The molecule has 0 saturated heterocycles. The molecule has 4 heterocycles. The number of aliphatic hydroxyl groups is 1. The zero-order valence-corrected chi connectivity index (χ0v) is 18.7. The Hall–Kier alpha value is -3.92. The van der Waals surface area contributed by atoms with Gasteiger partial charge in [0, 0.05) is 36.9 Å². The first kappa shape index (κ1) is 22.3. The summed E-state index contributed by atoms with van der Waals surface area (Å²) in [5.74, 6) is 2.01. The monoisotopic (exact) mass is 446 g/mol. The molecular weight excluding hydrogens is 420 g/mol. The van der Waals surface area contributed by atoms with Crippen LogP contribution in [0.2, 0.25) is 0 Å². The van der Waals surface area contributed by atoms with Crippen molar-refractivity contribution in [2.75, 3.05) is 24.2 Å². The van der Waals surface area contributed by atoms with Crippen LogP contribution in [0.1, 0.15) is 32.2 Å². The first-order valence-electron chi connectivity index (χ1n) is 10.6. The molecule has 4 N–H and O–H groups in total. The van der Waals surface area contributed by atoms with Crippen LogP contribution in [0.5, 0.6) is 0 Å². The molecule has 0 amide bonds. The molecule has 0 aliphatic rings. The van der Waals surface area contributed by atoms with Gasteiger partial charge in [-0.3, -0.25) is 4.98 Å². The minimum Gasteiger partial charge on any atom is -0.395 e. The highest BCUT2D eigenvalue weighted by molar-refractivity contribution is 5.58. The van der Waals surface area contributed by atoms with Gasteiger partial charge in [-0.25, -0.2) is 15.0 Å². The predicted molar refractivity (Wildman–Crippen MR) is 124 cm³/mol. The predicted octanol–water partition coefficient (Wildman–Crippen LogP) is 2.93. The first-order chi connectivity index (χ1) is 15.9. The van der Waals surface area contributed by atoms with Crippen molar-refractivity contribution in [3.05, 3.63) is 60.4 Å². The van der Waals surface area contributed by atoms with Gasteiger partial charge >= 0.3 is 0 Å². The molecule has 0 radical (unpaired) electrons. The molecule has 0 fully saturated rings. The van der Waals surface area contributed by atoms with Crippen molar-refractivity contribution in [3.8, 4) is 22.7 Å². The Bertz CT molecular complexity index is 1190. The Morgan fingerprint density at radius 3 is 2.36 bits per heavy atom. The van der Waals surface area contributed by atoms with E-state index in [2.05, 4.69) is 51.2 Å². The Morgan fingerprint density at radius 1 is 1.00 bits per heavy atom. The smallest absolute Gasteiger partial charge is 0.259 e. The maximum Gasteiger partial charge on any atom is 0.259 e. The molecule has 0 bridgehead atoms. The summed E-state index contributed by atoms with van der Waals surface area (Å²) in [7, 11) is 0. The average Bonchev–Trinajstić information content (AvgIpc) is 3.34. The molecule has 0 aromatic carbocycles. The minimum atomic E-state index is -0.527. The Balaban J connectivity index is 1.61. The van der Waals surface area contributed by atoms with Gasteiger partial charge in [0.1, 0.15) is 5.82 Å². The van der Waals surface area contributed by atoms with Crippen LogP contribution in [0, 0.1) is 5.92 Å². The van der Waals surface area contributed by atoms with Crippen molar-refractivity contribution >= 4 is 11.8 Å². The van der Waals surface area contributed by atoms with E-state index in [0.29, 0.717) is 29.6 Å². The molecule has 4 aromatic heterocycles. The summed E-state index contributed by atoms with van der Waals surface area (Å²) < 4.78 is 5.58. The molecule has 1 atom stereocenters. The van der Waals surface area contributed by atoms with Crippen LogP contribution in [-0.2, 0) is 5.41 Å². The Morgan fingerprint density at radius 2 is 1.76 bits per heavy atom. The lowest BCUT2D eigenvalue weighted by Crippen LogP contribution is -2.31. The van der Waals surface area contributed by atoms with Gasteiger partial charge in [-0.2, -0.15) is 4.98 Å². The van der Waals surface area contributed by atoms with Crippen LogP contribution < -0.4 is 11.1 Å². The summed E-state index contributed by atoms with van der Waals surface area (Å²) in [6.07, 6.45) is 6.78. The third-order valence-electron chi connectivity index (χ3n) is 5.80. The fourth-order valence-electron chi connectivity index (χ4n) is 3.42. The normalized spacial score (nSPS) is 13.1. The standard InChI is InChI=1S/C23H26N8O2/c1-14(2)23(3,17-5-6-18(26-13-17)16-11-28-22(24)29-12-16)21-30-20(33-31-21)15-4-7-19(27-10-15)25-8-9-32/h4-7,10-14,32H,8-9H2,1-3H3,(H,25,27)(H2,24,28,29). The summed E-state index contributed by atoms with van der Waals surface area (Å²) in [6.45, 7) is 6.77. The molecule has 0 aliphatic heterocycles. The number of aromatic nitrogens is 6. The molecule has 170 valence electrons. The van der Waals surface area contributed by atoms with Crippen molar-refractivity contribution in [3.63, 3.8) is 0 Å². The molecular formula is C23H26N8O2. The highest BCUT2D eigenvalue weighted by Gasteiger charge is 2.38. The van der Waals surface area contributed by atoms with Gasteiger partial charge < -0.3 is 20.7 Å². The number of nitrogen functional groups attached to an aromatic ring is 1. The number of anilines is 2. The average molecular weight is 447 g/mol. The van der Waals surface area contributed by atoms with Crippen molar-refractivity contribution in [1.82, 2.24) is 30.1 Å². The summed E-state index contributed by atoms with van der Waals surface area (Å²) in [6, 6.07) is 7.59. The van der Waals surface area contributed by atoms with Gasteiger partial charge in [-0.1, -0.05) is 25.1 Å². The number of pyridine rings is 2. The third-order valence-corrected chi connectivity index (χ3v) is 5.80. The molecule has 4 aromatic rings. The molecule has 10 nitrogen and oxygen atoms in total. The van der Waals surface area contributed by atoms with Crippen molar-refractivity contribution in [1.29, 1.82) is 0 Å². The zero-order chi connectivity index (χ0) is 23.4. The molecule has 10 heteroatoms. The van der Waals surface area contributed by atoms with Crippen molar-refractivity contribution < 1.29 is 9.63 Å². The van der Waals surface area contributed by atoms with Gasteiger partial charge in [-0.15, -0.1) is 0 Å². The lowest BCUT2D eigenvalue weighted by molar-refractivity contribution is 0.311. The number of nitrogens with zero attached hydrogens (tertiary/aromatic N) is 6. The van der Waals surface area contributed by atoms with E-state index in [1.807, 2.05) is 24.4 Å². The highest BCUT2D eigenvalue weighted by Crippen LogP contribution is 2.38. The maximum atomic E-state index is 8.92. The number of nitrogens with one attached hydrogen (secondary N) is 1. The Labute approximate surface area is 191 Å². The summed E-state index contributed by atoms with van der Waals surface area (Å²) in [5.41, 5.74) is 8.26. The lowest BCUT2D eigenvalue weighted by Gasteiger charge is -2.30. The summed E-state index contributed by atoms with van der Waals surface area (Å²) in [4.78, 5) is 21.7. The quantitative estimate of drug-likeness (QED) is 0.369. The second-order valence-electron chi connectivity index (χ2n) is 8.12. The molecule has 0 aliphatic carbocycles. The molecule has 33 heavy (non-hydrogen) atoms. The molecule has 4 rings (SSSR count). The second kappa shape index (κ2) is 9.29. The van der Waals surface area contributed by atoms with Gasteiger partial charge in [0.05, 0.1) is 23.3 Å². The van der Waals surface area contributed by atoms with Crippen LogP contribution in [-0.4, -0.2) is 48.3 Å². The van der Waals surface area contributed by atoms with E-state index in [9.17, 15) is 0 Å². The van der Waals surface area contributed by atoms with E-state index in [0.717, 1.165) is 16.8 Å². The van der Waals surface area contributed by atoms with E-state index in [-0.39, 0.29) is 18.5 Å². The Kier molecular flexibility index (Phi) is 6.27. The summed E-state index contributed by atoms with van der Waals surface area (Å²) >= 11 is 0. The van der Waals surface area contributed by atoms with E-state index in [1.54, 1.807) is 24.7 Å². The highest BCUT2D eigenvalue weighted by atomic mass is 16.5. The lowest BCUT2D eigenvalue weighted by atomic mass is 9.73. The van der Waals surface area contributed by atoms with Crippen LogP contribution in [0.15, 0.2) is 53.6 Å². The van der Waals surface area contributed by atoms with Gasteiger partial charge in [0.25, 0.3) is 5.89 Å². The van der Waals surface area contributed by atoms with Crippen LogP contribution in [0.4, 0.5) is 11.8 Å². The minimum absolute atomic E-state index is 0.0355. The second-order valence-corrected chi connectivity index (χ2v) is 8.12. The van der Waals surface area contributed by atoms with E-state index < -0.39 is 5.41 Å². The SMILES string of the molecule is CC(C)C(C)(c1ccc(-c2cnc(N)nc2)nc1)c1noc(-c2ccc(NCCO)nc2)n1. The number of hydrogen-bond acceptors (Lipinski definition) is 10. The summed E-state index contributed by atoms with van der Waals surface area (Å²) in [5, 5.41) is 16.2. The van der Waals surface area contributed by atoms with Crippen LogP contribution >= 0.6 is 0 Å². The topological polar surface area (TPSA) is 149 Å². The van der Waals surface area contributed by atoms with E-state index in [4.69, 9.17) is 20.3 Å². The number of nitrogens with two attached hydrogens (primary N) is 1. The largest absolute Gasteiger partial charge is 0.395 e. The van der Waals surface area contributed by atoms with Crippen LogP contribution in [0.25, 0.3) is 22.7 Å². The molecule has 0 spiro atoms. The van der Waals surface area contributed by atoms with Crippen LogP contribution in [0.3, 0.4) is 0 Å². The number of hydrogen-bond donors (Lipinski definition) is 3. The molecule has 0 saturated carbocycles. The fraction of sp³-hybridized carbons (Fsp3) is 0.304. The van der Waals surface area contributed by atoms with E-state index in [1.165, 1.54) is 0 Å². The van der Waals surface area contributed by atoms with Gasteiger partial charge in [0.15, 0.2) is 5.82 Å². The van der Waals surface area contributed by atoms with Crippen molar-refractivity contribution in [2.24, 2.45) is 5.92 Å². The first-order valence-corrected chi connectivity index (χ1v) is 10.6. The fourth-order valence-corrected chi connectivity index (χ4v) is 3.42. The number of aliphatic hydroxyl groups excluding tert-OH is 1. The van der Waals surface area contributed by atoms with E-state index >= 15 is 0 Å². The zero-order valence-electron chi connectivity index (χ0n) is 18.7. The third kappa shape index (κ3) is 4.51. The maximum absolute atomic E-state index is 8.92. The molecule has 1 unspecified atom stereocenters. The van der Waals surface area contributed by atoms with Gasteiger partial charge in [-0.05, 0) is 36.6 Å². The number of rotatable bonds is 8. The van der Waals surface area contributed by atoms with Crippen molar-refractivity contribution in [2.45, 2.75) is 26.2 Å².